The lowest BCUT2D eigenvalue weighted by Crippen LogP contribution is -2.55. The highest BCUT2D eigenvalue weighted by Gasteiger charge is 2.61. The van der Waals surface area contributed by atoms with E-state index in [2.05, 4.69) is 10.5 Å². The van der Waals surface area contributed by atoms with Crippen LogP contribution in [-0.2, 0) is 14.3 Å². The van der Waals surface area contributed by atoms with Gasteiger partial charge in [-0.1, -0.05) is 0 Å². The number of ether oxygens (including phenoxy) is 1. The molecule has 0 radical (unpaired) electrons. The monoisotopic (exact) mass is 395 g/mol. The van der Waals surface area contributed by atoms with Crippen LogP contribution in [0.15, 0.2) is 5.10 Å². The number of rotatable bonds is 2. The van der Waals surface area contributed by atoms with Gasteiger partial charge in [-0.2, -0.15) is 5.10 Å². The summed E-state index contributed by atoms with van der Waals surface area (Å²) in [5.41, 5.74) is 2.17. The summed E-state index contributed by atoms with van der Waals surface area (Å²) in [5, 5.41) is 25.2. The Morgan fingerprint density at radius 1 is 1.21 bits per heavy atom. The molecule has 0 spiro atoms. The van der Waals surface area contributed by atoms with E-state index < -0.39 is 41.6 Å². The molecule has 0 aromatic carbocycles. The minimum absolute atomic E-state index is 0.0945. The second-order valence-electron chi connectivity index (χ2n) is 8.77. The fraction of sp³-hybridized carbons (Fsp3) is 0.789. The van der Waals surface area contributed by atoms with E-state index in [1.165, 1.54) is 4.90 Å². The van der Waals surface area contributed by atoms with Crippen LogP contribution in [0, 0.1) is 23.7 Å². The number of amides is 3. The van der Waals surface area contributed by atoms with Gasteiger partial charge in [0.25, 0.3) is 0 Å². The predicted molar refractivity (Wildman–Crippen MR) is 99.0 cm³/mol. The van der Waals surface area contributed by atoms with Crippen molar-refractivity contribution in [1.29, 1.82) is 0 Å². The number of likely N-dealkylation sites (tertiary alicyclic amines) is 1. The van der Waals surface area contributed by atoms with Crippen molar-refractivity contribution in [2.45, 2.75) is 64.7 Å². The molecule has 0 aromatic rings. The van der Waals surface area contributed by atoms with Gasteiger partial charge in [-0.05, 0) is 40.5 Å². The smallest absolute Gasteiger partial charge is 0.427 e. The number of imide groups is 1. The summed E-state index contributed by atoms with van der Waals surface area (Å²) in [6.45, 7) is 7.29. The molecule has 3 amide bonds. The van der Waals surface area contributed by atoms with Crippen LogP contribution >= 0.6 is 0 Å². The third kappa shape index (κ3) is 3.41. The summed E-state index contributed by atoms with van der Waals surface area (Å²) in [6.07, 6.45) is -1.80. The molecule has 9 nitrogen and oxygen atoms in total. The van der Waals surface area contributed by atoms with Crippen LogP contribution in [0.5, 0.6) is 0 Å². The molecular weight excluding hydrogens is 366 g/mol. The topological polar surface area (TPSA) is 129 Å². The van der Waals surface area contributed by atoms with Gasteiger partial charge >= 0.3 is 6.09 Å². The SMILES string of the molecule is CCOC(=O)N/N=C1\C[C@@H](O)[C@@H](O)[C@@H]2[C@@H]3C(=O)N(C(C)(C)C)C(=O)[C@@H]3CC[C@H]12. The van der Waals surface area contributed by atoms with Crippen LogP contribution in [0.2, 0.25) is 0 Å². The van der Waals surface area contributed by atoms with Gasteiger partial charge in [0.15, 0.2) is 0 Å². The first-order valence-electron chi connectivity index (χ1n) is 9.81. The van der Waals surface area contributed by atoms with Gasteiger partial charge in [0.1, 0.15) is 0 Å². The van der Waals surface area contributed by atoms with Crippen LogP contribution < -0.4 is 5.43 Å². The molecule has 3 N–H and O–H groups in total. The lowest BCUT2D eigenvalue weighted by Gasteiger charge is -2.45. The van der Waals surface area contributed by atoms with Crippen molar-refractivity contribution in [2.24, 2.45) is 28.8 Å². The largest absolute Gasteiger partial charge is 0.449 e. The summed E-state index contributed by atoms with van der Waals surface area (Å²) in [7, 11) is 0. The lowest BCUT2D eigenvalue weighted by atomic mass is 9.60. The van der Waals surface area contributed by atoms with E-state index in [0.717, 1.165) is 0 Å². The highest BCUT2D eigenvalue weighted by Crippen LogP contribution is 2.50. The number of nitrogens with one attached hydrogen (secondary N) is 1. The third-order valence-corrected chi connectivity index (χ3v) is 6.02. The lowest BCUT2D eigenvalue weighted by molar-refractivity contribution is -0.146. The fourth-order valence-corrected chi connectivity index (χ4v) is 4.94. The van der Waals surface area contributed by atoms with Gasteiger partial charge in [0, 0.05) is 29.5 Å². The summed E-state index contributed by atoms with van der Waals surface area (Å²) >= 11 is 0. The van der Waals surface area contributed by atoms with Crippen LogP contribution in [0.1, 0.15) is 47.0 Å². The molecule has 0 bridgehead atoms. The van der Waals surface area contributed by atoms with Crippen molar-refractivity contribution < 1.29 is 29.3 Å². The maximum Gasteiger partial charge on any atom is 0.427 e. The third-order valence-electron chi connectivity index (χ3n) is 6.02. The van der Waals surface area contributed by atoms with Crippen molar-refractivity contribution in [3.63, 3.8) is 0 Å². The number of hydrazone groups is 1. The zero-order valence-electron chi connectivity index (χ0n) is 16.7. The molecule has 6 atom stereocenters. The number of carbonyl (C=O) groups excluding carboxylic acids is 3. The highest BCUT2D eigenvalue weighted by molar-refractivity contribution is 6.06. The number of aliphatic hydroxyl groups is 2. The Labute approximate surface area is 164 Å². The molecule has 1 aliphatic heterocycles. The number of nitrogens with zero attached hydrogens (tertiary/aromatic N) is 2. The standard InChI is InChI=1S/C19H29N3O6/c1-5-28-18(27)21-20-11-8-12(23)15(24)13-9(11)6-7-10-14(13)17(26)22(16(10)25)19(2,3)4/h9-10,12-15,23-24H,5-8H2,1-4H3,(H,21,27)/b20-11+/t9-,10-,12-,13+,14-,15-/m1/s1. The average molecular weight is 395 g/mol. The first-order valence-corrected chi connectivity index (χ1v) is 9.81. The summed E-state index contributed by atoms with van der Waals surface area (Å²) < 4.78 is 4.79. The summed E-state index contributed by atoms with van der Waals surface area (Å²) in [6, 6.07) is 0. The zero-order chi connectivity index (χ0) is 20.8. The minimum Gasteiger partial charge on any atom is -0.449 e. The Balaban J connectivity index is 1.91. The molecule has 3 fully saturated rings. The van der Waals surface area contributed by atoms with Gasteiger partial charge < -0.3 is 14.9 Å². The Morgan fingerprint density at radius 2 is 1.86 bits per heavy atom. The van der Waals surface area contributed by atoms with E-state index >= 15 is 0 Å². The molecule has 0 aromatic heterocycles. The first-order chi connectivity index (χ1) is 13.1. The number of fused-ring (bicyclic) bond motifs is 3. The van der Waals surface area contributed by atoms with Crippen molar-refractivity contribution >= 4 is 23.6 Å². The van der Waals surface area contributed by atoms with E-state index in [1.807, 2.05) is 0 Å². The Morgan fingerprint density at radius 3 is 2.46 bits per heavy atom. The average Bonchev–Trinajstić information content (AvgIpc) is 2.87. The van der Waals surface area contributed by atoms with E-state index in [9.17, 15) is 24.6 Å². The van der Waals surface area contributed by atoms with Crippen molar-refractivity contribution in [3.8, 4) is 0 Å². The van der Waals surface area contributed by atoms with Crippen LogP contribution in [-0.4, -0.2) is 63.1 Å². The van der Waals surface area contributed by atoms with Crippen LogP contribution in [0.3, 0.4) is 0 Å². The van der Waals surface area contributed by atoms with E-state index in [1.54, 1.807) is 27.7 Å². The number of carbonyl (C=O) groups is 3. The second-order valence-corrected chi connectivity index (χ2v) is 8.77. The molecule has 3 rings (SSSR count). The molecule has 2 saturated carbocycles. The molecule has 1 saturated heterocycles. The Bertz CT molecular complexity index is 700. The van der Waals surface area contributed by atoms with Gasteiger partial charge in [-0.25, -0.2) is 10.2 Å². The molecule has 28 heavy (non-hydrogen) atoms. The fourth-order valence-electron chi connectivity index (χ4n) is 4.94. The highest BCUT2D eigenvalue weighted by atomic mass is 16.5. The maximum absolute atomic E-state index is 13.1. The van der Waals surface area contributed by atoms with E-state index in [0.29, 0.717) is 18.6 Å². The molecule has 0 unspecified atom stereocenters. The van der Waals surface area contributed by atoms with Gasteiger partial charge in [-0.15, -0.1) is 0 Å². The number of aliphatic hydroxyl groups excluding tert-OH is 2. The van der Waals surface area contributed by atoms with Crippen molar-refractivity contribution in [3.05, 3.63) is 0 Å². The quantitative estimate of drug-likeness (QED) is 0.465. The number of hydrogen-bond donors (Lipinski definition) is 3. The first kappa shape index (κ1) is 20.7. The molecular formula is C19H29N3O6. The van der Waals surface area contributed by atoms with E-state index in [-0.39, 0.29) is 30.8 Å². The molecule has 9 heteroatoms. The van der Waals surface area contributed by atoms with E-state index in [4.69, 9.17) is 4.74 Å². The van der Waals surface area contributed by atoms with Gasteiger partial charge in [-0.3, -0.25) is 14.5 Å². The number of hydrogen-bond acceptors (Lipinski definition) is 7. The minimum atomic E-state index is -1.13. The summed E-state index contributed by atoms with van der Waals surface area (Å²) in [5.74, 6) is -2.61. The Kier molecular flexibility index (Phi) is 5.51. The zero-order valence-corrected chi connectivity index (χ0v) is 16.7. The molecule has 3 aliphatic rings. The Hall–Kier alpha value is -2.00. The van der Waals surface area contributed by atoms with Crippen LogP contribution in [0.4, 0.5) is 4.79 Å². The maximum atomic E-state index is 13.1. The van der Waals surface area contributed by atoms with Gasteiger partial charge in [0.2, 0.25) is 11.8 Å². The predicted octanol–water partition coefficient (Wildman–Crippen LogP) is 0.640. The summed E-state index contributed by atoms with van der Waals surface area (Å²) in [4.78, 5) is 38.9. The van der Waals surface area contributed by atoms with Crippen molar-refractivity contribution in [1.82, 2.24) is 10.3 Å². The molecule has 2 aliphatic carbocycles. The van der Waals surface area contributed by atoms with Crippen LogP contribution in [0.25, 0.3) is 0 Å². The normalized spacial score (nSPS) is 36.9. The second kappa shape index (κ2) is 7.44. The van der Waals surface area contributed by atoms with Gasteiger partial charge in [0.05, 0.1) is 30.7 Å². The van der Waals surface area contributed by atoms with Crippen molar-refractivity contribution in [2.75, 3.05) is 6.61 Å². The molecule has 1 heterocycles. The molecule has 156 valence electrons.